The molecule has 2 fully saturated rings. The van der Waals surface area contributed by atoms with Crippen LogP contribution in [0.15, 0.2) is 42.5 Å². The van der Waals surface area contributed by atoms with Crippen molar-refractivity contribution in [2.75, 3.05) is 10.6 Å². The molecule has 33 heavy (non-hydrogen) atoms. The molecule has 2 aromatic carbocycles. The normalized spacial score (nSPS) is 25.3. The first-order valence-electron chi connectivity index (χ1n) is 12.7. The Bertz CT molecular complexity index is 966. The number of rotatable bonds is 5. The van der Waals surface area contributed by atoms with E-state index in [2.05, 4.69) is 24.5 Å². The summed E-state index contributed by atoms with van der Waals surface area (Å²) in [5.74, 6) is 2.68. The van der Waals surface area contributed by atoms with Gasteiger partial charge in [0.25, 0.3) is 5.91 Å². The molecule has 0 atom stereocenters. The Morgan fingerprint density at radius 1 is 0.697 bits per heavy atom. The van der Waals surface area contributed by atoms with E-state index in [1.54, 1.807) is 12.1 Å². The average molecular weight is 447 g/mol. The van der Waals surface area contributed by atoms with Crippen molar-refractivity contribution >= 4 is 23.2 Å². The summed E-state index contributed by atoms with van der Waals surface area (Å²) in [5, 5.41) is 6.02. The smallest absolute Gasteiger partial charge is 0.255 e. The molecule has 2 saturated carbocycles. The maximum absolute atomic E-state index is 12.8. The summed E-state index contributed by atoms with van der Waals surface area (Å²) < 4.78 is 0. The van der Waals surface area contributed by atoms with E-state index in [4.69, 9.17) is 0 Å². The first kappa shape index (κ1) is 23.5. The number of aryl methyl sites for hydroxylation is 2. The molecule has 0 aromatic heterocycles. The van der Waals surface area contributed by atoms with Crippen LogP contribution in [0.1, 0.15) is 79.8 Å². The van der Waals surface area contributed by atoms with Crippen molar-refractivity contribution in [2.24, 2.45) is 23.7 Å². The number of anilines is 2. The van der Waals surface area contributed by atoms with E-state index >= 15 is 0 Å². The summed E-state index contributed by atoms with van der Waals surface area (Å²) >= 11 is 0. The van der Waals surface area contributed by atoms with Crippen LogP contribution < -0.4 is 10.6 Å². The van der Waals surface area contributed by atoms with E-state index in [0.29, 0.717) is 5.56 Å². The van der Waals surface area contributed by atoms with Crippen molar-refractivity contribution in [3.05, 3.63) is 59.2 Å². The third-order valence-electron chi connectivity index (χ3n) is 8.05. The molecular weight excluding hydrogens is 408 g/mol. The number of hydrogen-bond donors (Lipinski definition) is 2. The minimum absolute atomic E-state index is 0.108. The van der Waals surface area contributed by atoms with Crippen LogP contribution in [0.25, 0.3) is 0 Å². The number of benzene rings is 2. The van der Waals surface area contributed by atoms with Crippen molar-refractivity contribution in [3.8, 4) is 0 Å². The van der Waals surface area contributed by atoms with Crippen molar-refractivity contribution < 1.29 is 9.59 Å². The summed E-state index contributed by atoms with van der Waals surface area (Å²) in [6, 6.07) is 13.1. The molecule has 2 aromatic rings. The lowest BCUT2D eigenvalue weighted by atomic mass is 9.69. The lowest BCUT2D eigenvalue weighted by Crippen LogP contribution is -2.30. The van der Waals surface area contributed by atoms with E-state index in [1.165, 1.54) is 44.1 Å². The molecular formula is C29H38N2O2. The zero-order valence-electron chi connectivity index (χ0n) is 20.3. The van der Waals surface area contributed by atoms with Crippen molar-refractivity contribution in [1.82, 2.24) is 0 Å². The second-order valence-corrected chi connectivity index (χ2v) is 10.5. The summed E-state index contributed by atoms with van der Waals surface area (Å²) in [6.45, 7) is 6.46. The highest BCUT2D eigenvalue weighted by Crippen LogP contribution is 2.41. The first-order valence-corrected chi connectivity index (χ1v) is 12.7. The SMILES string of the molecule is Cc1ccc(NC(=O)c2ccc(NC(=O)C3CCC(C4CCC(C)CC4)CC3)cc2)cc1C. The Hall–Kier alpha value is -2.62. The topological polar surface area (TPSA) is 58.2 Å². The van der Waals surface area contributed by atoms with Crippen LogP contribution in [0, 0.1) is 37.5 Å². The van der Waals surface area contributed by atoms with Crippen molar-refractivity contribution in [3.63, 3.8) is 0 Å². The predicted octanol–water partition coefficient (Wildman–Crippen LogP) is 7.13. The standard InChI is InChI=1S/C29H38N2O2/c1-19-4-7-22(8-5-19)23-9-11-24(12-10-23)28(32)30-26-16-13-25(14-17-26)29(33)31-27-15-6-20(2)21(3)18-27/h6,13-19,22-24H,4-5,7-12H2,1-3H3,(H,30,32)(H,31,33). The fraction of sp³-hybridized carbons (Fsp3) is 0.517. The van der Waals surface area contributed by atoms with E-state index in [0.717, 1.165) is 47.5 Å². The molecule has 176 valence electrons. The van der Waals surface area contributed by atoms with Gasteiger partial charge >= 0.3 is 0 Å². The van der Waals surface area contributed by atoms with Gasteiger partial charge in [-0.25, -0.2) is 0 Å². The summed E-state index contributed by atoms with van der Waals surface area (Å²) in [4.78, 5) is 25.4. The predicted molar refractivity (Wildman–Crippen MR) is 136 cm³/mol. The Kier molecular flexibility index (Phi) is 7.52. The van der Waals surface area contributed by atoms with Crippen LogP contribution >= 0.6 is 0 Å². The zero-order valence-corrected chi connectivity index (χ0v) is 20.3. The van der Waals surface area contributed by atoms with Crippen molar-refractivity contribution in [2.45, 2.75) is 72.1 Å². The van der Waals surface area contributed by atoms with Gasteiger partial charge in [-0.05, 0) is 118 Å². The average Bonchev–Trinajstić information content (AvgIpc) is 2.82. The third-order valence-corrected chi connectivity index (χ3v) is 8.05. The Balaban J connectivity index is 1.26. The van der Waals surface area contributed by atoms with Gasteiger partial charge in [0.2, 0.25) is 5.91 Å². The Labute approximate surface area is 198 Å². The summed E-state index contributed by atoms with van der Waals surface area (Å²) in [7, 11) is 0. The molecule has 4 nitrogen and oxygen atoms in total. The summed E-state index contributed by atoms with van der Waals surface area (Å²) in [6.07, 6.45) is 9.90. The van der Waals surface area contributed by atoms with Crippen molar-refractivity contribution in [1.29, 1.82) is 0 Å². The van der Waals surface area contributed by atoms with E-state index in [9.17, 15) is 9.59 Å². The van der Waals surface area contributed by atoms with E-state index < -0.39 is 0 Å². The fourth-order valence-electron chi connectivity index (χ4n) is 5.58. The van der Waals surface area contributed by atoms with Crippen LogP contribution in [-0.2, 0) is 4.79 Å². The molecule has 0 spiro atoms. The van der Waals surface area contributed by atoms with Gasteiger partial charge in [0.05, 0.1) is 0 Å². The van der Waals surface area contributed by atoms with Crippen LogP contribution in [-0.4, -0.2) is 11.8 Å². The zero-order chi connectivity index (χ0) is 23.4. The maximum atomic E-state index is 12.8. The molecule has 4 rings (SSSR count). The maximum Gasteiger partial charge on any atom is 0.255 e. The monoisotopic (exact) mass is 446 g/mol. The van der Waals surface area contributed by atoms with Crippen LogP contribution in [0.5, 0.6) is 0 Å². The number of carbonyl (C=O) groups is 2. The quantitative estimate of drug-likeness (QED) is 0.513. The lowest BCUT2D eigenvalue weighted by Gasteiger charge is -2.36. The molecule has 0 saturated heterocycles. The molecule has 2 aliphatic carbocycles. The number of hydrogen-bond acceptors (Lipinski definition) is 2. The second kappa shape index (κ2) is 10.5. The highest BCUT2D eigenvalue weighted by molar-refractivity contribution is 6.04. The molecule has 2 aliphatic rings. The lowest BCUT2D eigenvalue weighted by molar-refractivity contribution is -0.121. The molecule has 0 unspecified atom stereocenters. The molecule has 2 amide bonds. The minimum atomic E-state index is -0.147. The second-order valence-electron chi connectivity index (χ2n) is 10.5. The minimum Gasteiger partial charge on any atom is -0.326 e. The van der Waals surface area contributed by atoms with Gasteiger partial charge in [-0.2, -0.15) is 0 Å². The van der Waals surface area contributed by atoms with E-state index in [1.807, 2.05) is 37.3 Å². The fourth-order valence-corrected chi connectivity index (χ4v) is 5.58. The van der Waals surface area contributed by atoms with Gasteiger partial charge in [0, 0.05) is 22.9 Å². The number of carbonyl (C=O) groups excluding carboxylic acids is 2. The first-order chi connectivity index (χ1) is 15.9. The molecule has 2 N–H and O–H groups in total. The summed E-state index contributed by atoms with van der Waals surface area (Å²) in [5.41, 5.74) is 4.47. The van der Waals surface area contributed by atoms with Crippen LogP contribution in [0.4, 0.5) is 11.4 Å². The highest BCUT2D eigenvalue weighted by atomic mass is 16.2. The van der Waals surface area contributed by atoms with Gasteiger partial charge in [-0.1, -0.05) is 25.8 Å². The third kappa shape index (κ3) is 6.04. The van der Waals surface area contributed by atoms with Crippen LogP contribution in [0.2, 0.25) is 0 Å². The van der Waals surface area contributed by atoms with E-state index in [-0.39, 0.29) is 17.7 Å². The Morgan fingerprint density at radius 2 is 1.27 bits per heavy atom. The molecule has 4 heteroatoms. The molecule has 0 bridgehead atoms. The molecule has 0 radical (unpaired) electrons. The highest BCUT2D eigenvalue weighted by Gasteiger charge is 2.32. The van der Waals surface area contributed by atoms with Gasteiger partial charge in [-0.3, -0.25) is 9.59 Å². The van der Waals surface area contributed by atoms with Gasteiger partial charge in [0.1, 0.15) is 0 Å². The molecule has 0 aliphatic heterocycles. The largest absolute Gasteiger partial charge is 0.326 e. The number of nitrogens with one attached hydrogen (secondary N) is 2. The Morgan fingerprint density at radius 3 is 1.88 bits per heavy atom. The number of amides is 2. The van der Waals surface area contributed by atoms with Gasteiger partial charge in [-0.15, -0.1) is 0 Å². The van der Waals surface area contributed by atoms with Gasteiger partial charge in [0.15, 0.2) is 0 Å². The molecule has 0 heterocycles. The van der Waals surface area contributed by atoms with Gasteiger partial charge < -0.3 is 10.6 Å². The van der Waals surface area contributed by atoms with Crippen LogP contribution in [0.3, 0.4) is 0 Å².